The summed E-state index contributed by atoms with van der Waals surface area (Å²) in [5.41, 5.74) is 1.86. The van der Waals surface area contributed by atoms with Crippen LogP contribution in [-0.2, 0) is 6.42 Å². The molecule has 1 aromatic rings. The minimum absolute atomic E-state index is 0.126. The molecular weight excluding hydrogens is 244 g/mol. The molecule has 2 rings (SSSR count). The van der Waals surface area contributed by atoms with E-state index in [1.54, 1.807) is 29.2 Å². The fourth-order valence-corrected chi connectivity index (χ4v) is 2.05. The average Bonchev–Trinajstić information content (AvgIpc) is 2.81. The lowest BCUT2D eigenvalue weighted by Crippen LogP contribution is -2.42. The van der Waals surface area contributed by atoms with Crippen LogP contribution in [0.3, 0.4) is 0 Å². The number of carbonyl (C=O) groups excluding carboxylic acids is 1. The molecule has 100 valence electrons. The van der Waals surface area contributed by atoms with Crippen LogP contribution in [0.1, 0.15) is 22.8 Å². The van der Waals surface area contributed by atoms with Gasteiger partial charge in [-0.15, -0.1) is 6.58 Å². The summed E-state index contributed by atoms with van der Waals surface area (Å²) >= 11 is 0. The molecule has 1 aliphatic heterocycles. The first-order valence-corrected chi connectivity index (χ1v) is 6.09. The number of carboxylic acids is 1. The second kappa shape index (κ2) is 5.14. The number of aromatic carboxylic acids is 1. The fourth-order valence-electron chi connectivity index (χ4n) is 2.05. The number of carbonyl (C=O) groups is 2. The average molecular weight is 260 g/mol. The number of amides is 2. The number of benzene rings is 1. The van der Waals surface area contributed by atoms with Crippen molar-refractivity contribution in [2.24, 2.45) is 0 Å². The van der Waals surface area contributed by atoms with Crippen molar-refractivity contribution in [2.45, 2.75) is 19.4 Å². The molecule has 2 N–H and O–H groups in total. The first-order chi connectivity index (χ1) is 9.02. The molecule has 1 unspecified atom stereocenters. The smallest absolute Gasteiger partial charge is 0.335 e. The van der Waals surface area contributed by atoms with Crippen LogP contribution in [0.25, 0.3) is 0 Å². The molecule has 2 amide bonds. The van der Waals surface area contributed by atoms with E-state index in [1.165, 1.54) is 0 Å². The van der Waals surface area contributed by atoms with Crippen molar-refractivity contribution in [1.82, 2.24) is 5.32 Å². The molecule has 5 heteroatoms. The monoisotopic (exact) mass is 260 g/mol. The van der Waals surface area contributed by atoms with E-state index in [9.17, 15) is 9.59 Å². The van der Waals surface area contributed by atoms with Crippen molar-refractivity contribution in [1.29, 1.82) is 0 Å². The molecule has 5 nitrogen and oxygen atoms in total. The molecule has 1 aliphatic rings. The van der Waals surface area contributed by atoms with E-state index in [0.29, 0.717) is 12.2 Å². The Labute approximate surface area is 111 Å². The minimum Gasteiger partial charge on any atom is -0.478 e. The van der Waals surface area contributed by atoms with Crippen LogP contribution < -0.4 is 10.2 Å². The number of rotatable bonds is 3. The van der Waals surface area contributed by atoms with E-state index in [1.807, 2.05) is 6.92 Å². The van der Waals surface area contributed by atoms with Gasteiger partial charge < -0.3 is 10.4 Å². The normalized spacial score (nSPS) is 14.7. The van der Waals surface area contributed by atoms with Crippen LogP contribution in [-0.4, -0.2) is 29.7 Å². The predicted molar refractivity (Wildman–Crippen MR) is 72.6 cm³/mol. The van der Waals surface area contributed by atoms with Crippen molar-refractivity contribution in [2.75, 3.05) is 11.4 Å². The van der Waals surface area contributed by atoms with E-state index < -0.39 is 5.97 Å². The van der Waals surface area contributed by atoms with E-state index in [2.05, 4.69) is 11.9 Å². The van der Waals surface area contributed by atoms with Crippen LogP contribution in [0, 0.1) is 0 Å². The highest BCUT2D eigenvalue weighted by Gasteiger charge is 2.26. The van der Waals surface area contributed by atoms with Gasteiger partial charge in [0, 0.05) is 18.3 Å². The Kier molecular flexibility index (Phi) is 3.55. The summed E-state index contributed by atoms with van der Waals surface area (Å²) in [6.07, 6.45) is 2.38. The van der Waals surface area contributed by atoms with Gasteiger partial charge in [0.05, 0.1) is 5.56 Å². The summed E-state index contributed by atoms with van der Waals surface area (Å²) in [4.78, 5) is 24.6. The summed E-state index contributed by atoms with van der Waals surface area (Å²) in [5.74, 6) is -0.991. The maximum Gasteiger partial charge on any atom is 0.335 e. The zero-order chi connectivity index (χ0) is 14.0. The van der Waals surface area contributed by atoms with Crippen molar-refractivity contribution in [3.05, 3.63) is 42.0 Å². The Morgan fingerprint density at radius 2 is 2.26 bits per heavy atom. The zero-order valence-electron chi connectivity index (χ0n) is 10.7. The molecule has 0 spiro atoms. The number of nitrogens with one attached hydrogen (secondary N) is 1. The van der Waals surface area contributed by atoms with Crippen LogP contribution in [0.4, 0.5) is 10.5 Å². The topological polar surface area (TPSA) is 69.6 Å². The zero-order valence-corrected chi connectivity index (χ0v) is 10.7. The molecule has 0 fully saturated rings. The second-order valence-corrected chi connectivity index (χ2v) is 4.52. The van der Waals surface area contributed by atoms with Crippen molar-refractivity contribution >= 4 is 17.7 Å². The van der Waals surface area contributed by atoms with Gasteiger partial charge >= 0.3 is 12.0 Å². The third-order valence-corrected chi connectivity index (χ3v) is 3.18. The third-order valence-electron chi connectivity index (χ3n) is 3.18. The van der Waals surface area contributed by atoms with E-state index >= 15 is 0 Å². The summed E-state index contributed by atoms with van der Waals surface area (Å²) in [5, 5.41) is 11.8. The molecule has 0 aromatic heterocycles. The van der Waals surface area contributed by atoms with Gasteiger partial charge in [0.1, 0.15) is 0 Å². The van der Waals surface area contributed by atoms with Crippen LogP contribution in [0.5, 0.6) is 0 Å². The summed E-state index contributed by atoms with van der Waals surface area (Å²) in [6, 6.07) is 4.52. The lowest BCUT2D eigenvalue weighted by atomic mass is 10.1. The van der Waals surface area contributed by atoms with E-state index in [-0.39, 0.29) is 17.6 Å². The first-order valence-electron chi connectivity index (χ1n) is 6.09. The molecule has 0 saturated heterocycles. The van der Waals surface area contributed by atoms with E-state index in [0.717, 1.165) is 12.0 Å². The third kappa shape index (κ3) is 2.59. The number of urea groups is 1. The summed E-state index contributed by atoms with van der Waals surface area (Å²) in [6.45, 7) is 6.00. The maximum absolute atomic E-state index is 12.1. The summed E-state index contributed by atoms with van der Waals surface area (Å²) < 4.78 is 0. The van der Waals surface area contributed by atoms with Crippen molar-refractivity contribution in [3.63, 3.8) is 0 Å². The van der Waals surface area contributed by atoms with Gasteiger partial charge in [-0.2, -0.15) is 0 Å². The molecule has 1 atom stereocenters. The van der Waals surface area contributed by atoms with Gasteiger partial charge in [0.25, 0.3) is 0 Å². The van der Waals surface area contributed by atoms with Gasteiger partial charge in [0.2, 0.25) is 0 Å². The molecule has 1 aromatic carbocycles. The Hall–Kier alpha value is -2.30. The molecule has 0 saturated carbocycles. The summed E-state index contributed by atoms with van der Waals surface area (Å²) in [7, 11) is 0. The van der Waals surface area contributed by atoms with E-state index in [4.69, 9.17) is 5.11 Å². The predicted octanol–water partition coefficient (Wildman–Crippen LogP) is 2.03. The number of carboxylic acid groups (broad SMARTS) is 1. The van der Waals surface area contributed by atoms with Crippen molar-refractivity contribution in [3.8, 4) is 0 Å². The van der Waals surface area contributed by atoms with Crippen molar-refractivity contribution < 1.29 is 14.7 Å². The number of anilines is 1. The molecule has 0 bridgehead atoms. The van der Waals surface area contributed by atoms with Crippen LogP contribution in [0.15, 0.2) is 30.9 Å². The van der Waals surface area contributed by atoms with Gasteiger partial charge in [-0.1, -0.05) is 12.1 Å². The highest BCUT2D eigenvalue weighted by atomic mass is 16.4. The fraction of sp³-hybridized carbons (Fsp3) is 0.286. The van der Waals surface area contributed by atoms with Crippen LogP contribution >= 0.6 is 0 Å². The molecule has 19 heavy (non-hydrogen) atoms. The van der Waals surface area contributed by atoms with Gasteiger partial charge in [-0.25, -0.2) is 9.59 Å². The molecule has 1 heterocycles. The molecule has 0 radical (unpaired) electrons. The minimum atomic E-state index is -0.991. The standard InChI is InChI=1S/C14H16N2O3/c1-3-9(2)15-14(19)16-7-6-10-4-5-11(13(17)18)8-12(10)16/h3-5,8-9H,1,6-7H2,2H3,(H,15,19)(H,17,18). The number of hydrogen-bond donors (Lipinski definition) is 2. The number of fused-ring (bicyclic) bond motifs is 1. The van der Waals surface area contributed by atoms with Gasteiger partial charge in [-0.05, 0) is 31.0 Å². The first kappa shape index (κ1) is 13.1. The van der Waals surface area contributed by atoms with Crippen LogP contribution in [0.2, 0.25) is 0 Å². The quantitative estimate of drug-likeness (QED) is 0.817. The largest absolute Gasteiger partial charge is 0.478 e. The Morgan fingerprint density at radius 1 is 1.53 bits per heavy atom. The molecular formula is C14H16N2O3. The molecule has 0 aliphatic carbocycles. The lowest BCUT2D eigenvalue weighted by molar-refractivity contribution is 0.0697. The Bertz CT molecular complexity index is 539. The Balaban J connectivity index is 2.25. The number of hydrogen-bond acceptors (Lipinski definition) is 2. The highest BCUT2D eigenvalue weighted by Crippen LogP contribution is 2.29. The SMILES string of the molecule is C=CC(C)NC(=O)N1CCc2ccc(C(=O)O)cc21. The second-order valence-electron chi connectivity index (χ2n) is 4.52. The van der Waals surface area contributed by atoms with Gasteiger partial charge in [0.15, 0.2) is 0 Å². The lowest BCUT2D eigenvalue weighted by Gasteiger charge is -2.20. The maximum atomic E-state index is 12.1. The highest BCUT2D eigenvalue weighted by molar-refractivity contribution is 5.97. The Morgan fingerprint density at radius 3 is 2.89 bits per heavy atom. The number of nitrogens with zero attached hydrogens (tertiary/aromatic N) is 1. The van der Waals surface area contributed by atoms with Gasteiger partial charge in [-0.3, -0.25) is 4.90 Å².